The predicted octanol–water partition coefficient (Wildman–Crippen LogP) is 23.7. The van der Waals surface area contributed by atoms with Crippen molar-refractivity contribution in [1.29, 1.82) is 0 Å². The summed E-state index contributed by atoms with van der Waals surface area (Å²) in [6.45, 7) is 6.38. The van der Waals surface area contributed by atoms with E-state index in [0.717, 1.165) is 141 Å². The highest BCUT2D eigenvalue weighted by Gasteiger charge is 2.19. The molecule has 0 N–H and O–H groups in total. The van der Waals surface area contributed by atoms with E-state index in [1.165, 1.54) is 103 Å². The minimum Gasteiger partial charge on any atom is -0.462 e. The topological polar surface area (TPSA) is 78.9 Å². The average Bonchev–Trinajstić information content (AvgIpc) is 3.49. The Bertz CT molecular complexity index is 1840. The number of ether oxygens (including phenoxy) is 3. The van der Waals surface area contributed by atoms with Gasteiger partial charge in [-0.2, -0.15) is 0 Å². The smallest absolute Gasteiger partial charge is 0.306 e. The lowest BCUT2D eigenvalue weighted by atomic mass is 10.0. The van der Waals surface area contributed by atoms with Gasteiger partial charge in [0.15, 0.2) is 6.10 Å². The van der Waals surface area contributed by atoms with Crippen LogP contribution in [0.4, 0.5) is 0 Å². The van der Waals surface area contributed by atoms with E-state index in [1.807, 2.05) is 0 Å². The molecule has 0 fully saturated rings. The number of rotatable bonds is 60. The van der Waals surface area contributed by atoms with Gasteiger partial charge in [0, 0.05) is 19.3 Å². The molecule has 0 aliphatic rings. The van der Waals surface area contributed by atoms with Crippen LogP contribution < -0.4 is 0 Å². The lowest BCUT2D eigenvalue weighted by Gasteiger charge is -2.18. The maximum atomic E-state index is 12.9. The molecular formula is C77H124O6. The van der Waals surface area contributed by atoms with Crippen molar-refractivity contribution in [3.63, 3.8) is 0 Å². The van der Waals surface area contributed by atoms with Gasteiger partial charge in [-0.1, -0.05) is 301 Å². The van der Waals surface area contributed by atoms with Crippen LogP contribution in [0.3, 0.4) is 0 Å². The Morgan fingerprint density at radius 2 is 0.470 bits per heavy atom. The van der Waals surface area contributed by atoms with Crippen LogP contribution in [0.1, 0.15) is 290 Å². The van der Waals surface area contributed by atoms with E-state index >= 15 is 0 Å². The molecular weight excluding hydrogens is 1020 g/mol. The third-order valence-corrected chi connectivity index (χ3v) is 14.0. The summed E-state index contributed by atoms with van der Waals surface area (Å²) >= 11 is 0. The van der Waals surface area contributed by atoms with Crippen molar-refractivity contribution in [2.75, 3.05) is 13.2 Å². The summed E-state index contributed by atoms with van der Waals surface area (Å²) < 4.78 is 16.9. The molecule has 1 unspecified atom stereocenters. The summed E-state index contributed by atoms with van der Waals surface area (Å²) in [5.41, 5.74) is 0. The molecule has 6 nitrogen and oxygen atoms in total. The molecule has 0 aromatic rings. The highest BCUT2D eigenvalue weighted by atomic mass is 16.6. The lowest BCUT2D eigenvalue weighted by Crippen LogP contribution is -2.30. The van der Waals surface area contributed by atoms with Gasteiger partial charge in [-0.15, -0.1) is 0 Å². The van der Waals surface area contributed by atoms with Crippen molar-refractivity contribution in [3.8, 4) is 0 Å². The molecule has 83 heavy (non-hydrogen) atoms. The monoisotopic (exact) mass is 1140 g/mol. The van der Waals surface area contributed by atoms with Crippen LogP contribution >= 0.6 is 0 Å². The summed E-state index contributed by atoms with van der Waals surface area (Å²) in [4.78, 5) is 38.3. The summed E-state index contributed by atoms with van der Waals surface area (Å²) in [6, 6.07) is 0. The molecule has 0 aromatic carbocycles. The molecule has 0 spiro atoms. The molecule has 0 bridgehead atoms. The molecule has 468 valence electrons. The van der Waals surface area contributed by atoms with Gasteiger partial charge in [0.25, 0.3) is 0 Å². The Morgan fingerprint density at radius 1 is 0.253 bits per heavy atom. The molecule has 0 amide bonds. The molecule has 6 heteroatoms. The summed E-state index contributed by atoms with van der Waals surface area (Å²) in [7, 11) is 0. The van der Waals surface area contributed by atoms with E-state index in [9.17, 15) is 14.4 Å². The normalized spacial score (nSPS) is 13.1. The predicted molar refractivity (Wildman–Crippen MR) is 362 cm³/mol. The third kappa shape index (κ3) is 67.7. The van der Waals surface area contributed by atoms with Gasteiger partial charge in [0.2, 0.25) is 0 Å². The molecule has 0 heterocycles. The van der Waals surface area contributed by atoms with Crippen molar-refractivity contribution < 1.29 is 28.6 Å². The number of allylic oxidation sites excluding steroid dienone is 26. The van der Waals surface area contributed by atoms with Gasteiger partial charge in [0.05, 0.1) is 0 Å². The highest BCUT2D eigenvalue weighted by molar-refractivity contribution is 5.71. The summed E-state index contributed by atoms with van der Waals surface area (Å²) in [6.07, 6.45) is 101. The van der Waals surface area contributed by atoms with Gasteiger partial charge in [-0.3, -0.25) is 14.4 Å². The molecule has 0 saturated carbocycles. The Hall–Kier alpha value is -4.97. The number of unbranched alkanes of at least 4 members (excludes halogenated alkanes) is 23. The van der Waals surface area contributed by atoms with Crippen LogP contribution in [0.5, 0.6) is 0 Å². The van der Waals surface area contributed by atoms with E-state index in [0.29, 0.717) is 19.3 Å². The number of esters is 3. The first-order valence-corrected chi connectivity index (χ1v) is 34.0. The zero-order valence-electron chi connectivity index (χ0n) is 53.7. The summed E-state index contributed by atoms with van der Waals surface area (Å²) in [5.74, 6) is -0.952. The fraction of sp³-hybridized carbons (Fsp3) is 0.623. The molecule has 0 saturated heterocycles. The van der Waals surface area contributed by atoms with Crippen molar-refractivity contribution in [2.24, 2.45) is 0 Å². The quantitative estimate of drug-likeness (QED) is 0.0261. The molecule has 0 aliphatic heterocycles. The molecule has 0 aromatic heterocycles. The summed E-state index contributed by atoms with van der Waals surface area (Å²) in [5, 5.41) is 0. The van der Waals surface area contributed by atoms with Gasteiger partial charge in [-0.25, -0.2) is 0 Å². The van der Waals surface area contributed by atoms with E-state index < -0.39 is 6.10 Å². The second-order valence-electron chi connectivity index (χ2n) is 22.0. The van der Waals surface area contributed by atoms with Gasteiger partial charge in [0.1, 0.15) is 13.2 Å². The van der Waals surface area contributed by atoms with E-state index in [4.69, 9.17) is 14.2 Å². The minimum atomic E-state index is -0.810. The number of carbonyl (C=O) groups is 3. The Morgan fingerprint density at radius 3 is 0.759 bits per heavy atom. The average molecular weight is 1150 g/mol. The number of hydrogen-bond donors (Lipinski definition) is 0. The van der Waals surface area contributed by atoms with Crippen LogP contribution in [-0.2, 0) is 28.6 Å². The first-order valence-electron chi connectivity index (χ1n) is 34.0. The van der Waals surface area contributed by atoms with Gasteiger partial charge < -0.3 is 14.2 Å². The maximum Gasteiger partial charge on any atom is 0.306 e. The fourth-order valence-corrected chi connectivity index (χ4v) is 9.01. The van der Waals surface area contributed by atoms with Crippen LogP contribution in [0.15, 0.2) is 158 Å². The van der Waals surface area contributed by atoms with Crippen LogP contribution in [0.2, 0.25) is 0 Å². The second-order valence-corrected chi connectivity index (χ2v) is 22.0. The standard InChI is InChI=1S/C77H124O6/c1-4-7-10-13-16-19-22-25-28-29-30-31-32-33-34-35-36-37-38-39-40-41-42-43-44-45-46-47-50-52-55-58-61-64-67-70-76(79)82-73-74(83-77(80)71-68-65-62-59-56-53-49-27-24-21-18-15-12-9-6-3)72-81-75(78)69-66-63-60-57-54-51-48-26-23-20-17-14-11-8-5-2/h7,9-10,12,16,18-19,21,25,27-28,30-31,33-34,36-37,39-40,42-43,45-46,49,56,59,74H,4-6,8,11,13-15,17,20,22-24,26,29,32,35,38,41,44,47-48,50-55,57-58,60-73H2,1-3H3/b10-7-,12-9-,19-16-,21-18-,28-25-,31-30-,34-33-,37-36-,40-39-,43-42-,46-45-,49-27-,59-56-. The first-order chi connectivity index (χ1) is 41.0. The van der Waals surface area contributed by atoms with E-state index in [2.05, 4.69) is 179 Å². The van der Waals surface area contributed by atoms with Crippen LogP contribution in [-0.4, -0.2) is 37.2 Å². The SMILES string of the molecule is CC/C=C\C/C=C\C/C=C\C/C=C\C/C=C\C/C=C\C/C=C\C/C=C\C/C=C\CCCCCCCCCC(=O)OCC(COC(=O)CCCCCCCCCCCCCCCCC)OC(=O)CCCC/C=C\C/C=C\C/C=C\C/C=C\CC. The maximum absolute atomic E-state index is 12.9. The van der Waals surface area contributed by atoms with Gasteiger partial charge >= 0.3 is 17.9 Å². The Balaban J connectivity index is 4.32. The molecule has 0 radical (unpaired) electrons. The van der Waals surface area contributed by atoms with Crippen molar-refractivity contribution in [3.05, 3.63) is 158 Å². The van der Waals surface area contributed by atoms with Crippen molar-refractivity contribution in [1.82, 2.24) is 0 Å². The number of hydrogen-bond acceptors (Lipinski definition) is 6. The molecule has 0 rings (SSSR count). The van der Waals surface area contributed by atoms with Crippen molar-refractivity contribution >= 4 is 17.9 Å². The Kier molecular flexibility index (Phi) is 65.4. The fourth-order valence-electron chi connectivity index (χ4n) is 9.01. The first kappa shape index (κ1) is 78.0. The largest absolute Gasteiger partial charge is 0.462 e. The molecule has 0 aliphatic carbocycles. The van der Waals surface area contributed by atoms with E-state index in [1.54, 1.807) is 0 Å². The van der Waals surface area contributed by atoms with Crippen LogP contribution in [0, 0.1) is 0 Å². The second kappa shape index (κ2) is 69.5. The number of carbonyl (C=O) groups excluding carboxylic acids is 3. The highest BCUT2D eigenvalue weighted by Crippen LogP contribution is 2.16. The zero-order valence-corrected chi connectivity index (χ0v) is 53.7. The lowest BCUT2D eigenvalue weighted by molar-refractivity contribution is -0.167. The molecule has 1 atom stereocenters. The minimum absolute atomic E-state index is 0.101. The third-order valence-electron chi connectivity index (χ3n) is 14.0. The van der Waals surface area contributed by atoms with E-state index in [-0.39, 0.29) is 37.5 Å². The van der Waals surface area contributed by atoms with Gasteiger partial charge in [-0.05, 0) is 128 Å². The Labute approximate surface area is 511 Å². The zero-order chi connectivity index (χ0) is 59.9. The van der Waals surface area contributed by atoms with Crippen molar-refractivity contribution in [2.45, 2.75) is 297 Å². The van der Waals surface area contributed by atoms with Crippen LogP contribution in [0.25, 0.3) is 0 Å².